The molecule has 1 aromatic rings. The SMILES string of the molecule is CCC(CC)N(CC(C)C)c1nc2c(s1)C(=O)CCC2. The minimum atomic E-state index is 0.295. The van der Waals surface area contributed by atoms with Gasteiger partial charge in [0.2, 0.25) is 0 Å². The molecule has 0 saturated heterocycles. The fourth-order valence-corrected chi connectivity index (χ4v) is 4.05. The maximum absolute atomic E-state index is 12.0. The number of nitrogens with zero attached hydrogens (tertiary/aromatic N) is 2. The fraction of sp³-hybridized carbons (Fsp3) is 0.750. The maximum atomic E-state index is 12.0. The van der Waals surface area contributed by atoms with E-state index in [2.05, 4.69) is 32.6 Å². The second-order valence-corrected chi connectivity index (χ2v) is 7.04. The first-order valence-electron chi connectivity index (χ1n) is 7.86. The van der Waals surface area contributed by atoms with Crippen LogP contribution in [-0.4, -0.2) is 23.4 Å². The van der Waals surface area contributed by atoms with Crippen molar-refractivity contribution in [3.05, 3.63) is 10.6 Å². The highest BCUT2D eigenvalue weighted by atomic mass is 32.1. The summed E-state index contributed by atoms with van der Waals surface area (Å²) >= 11 is 1.62. The van der Waals surface area contributed by atoms with E-state index in [1.807, 2.05) is 0 Å². The largest absolute Gasteiger partial charge is 0.345 e. The van der Waals surface area contributed by atoms with Gasteiger partial charge in [0.1, 0.15) is 0 Å². The van der Waals surface area contributed by atoms with E-state index in [1.54, 1.807) is 11.3 Å². The number of carbonyl (C=O) groups is 1. The lowest BCUT2D eigenvalue weighted by atomic mass is 10.0. The second kappa shape index (κ2) is 6.70. The van der Waals surface area contributed by atoms with Gasteiger partial charge in [-0.1, -0.05) is 39.0 Å². The number of fused-ring (bicyclic) bond motifs is 1. The number of anilines is 1. The molecule has 0 amide bonds. The number of aromatic nitrogens is 1. The van der Waals surface area contributed by atoms with Gasteiger partial charge >= 0.3 is 0 Å². The number of Topliss-reactive ketones (excluding diaryl/α,β-unsaturated/α-hetero) is 1. The van der Waals surface area contributed by atoms with Crippen molar-refractivity contribution in [1.82, 2.24) is 4.98 Å². The average Bonchev–Trinajstić information content (AvgIpc) is 2.84. The van der Waals surface area contributed by atoms with Gasteiger partial charge in [0.05, 0.1) is 10.6 Å². The van der Waals surface area contributed by atoms with Gasteiger partial charge < -0.3 is 4.90 Å². The average molecular weight is 294 g/mol. The van der Waals surface area contributed by atoms with E-state index in [0.717, 1.165) is 47.9 Å². The topological polar surface area (TPSA) is 33.2 Å². The molecule has 0 aromatic carbocycles. The number of hydrogen-bond acceptors (Lipinski definition) is 4. The summed E-state index contributed by atoms with van der Waals surface area (Å²) in [5, 5.41) is 1.06. The standard InChI is InChI=1S/C16H26N2OS/c1-5-12(6-2)18(10-11(3)4)16-17-13-8-7-9-14(19)15(13)20-16/h11-12H,5-10H2,1-4H3. The number of thiazole rings is 1. The van der Waals surface area contributed by atoms with E-state index < -0.39 is 0 Å². The lowest BCUT2D eigenvalue weighted by Gasteiger charge is -2.31. The highest BCUT2D eigenvalue weighted by Crippen LogP contribution is 2.33. The second-order valence-electron chi connectivity index (χ2n) is 6.07. The highest BCUT2D eigenvalue weighted by molar-refractivity contribution is 7.17. The van der Waals surface area contributed by atoms with Crippen LogP contribution in [0, 0.1) is 5.92 Å². The van der Waals surface area contributed by atoms with Crippen molar-refractivity contribution in [3.8, 4) is 0 Å². The van der Waals surface area contributed by atoms with Crippen LogP contribution >= 0.6 is 11.3 Å². The Morgan fingerprint density at radius 2 is 1.95 bits per heavy atom. The van der Waals surface area contributed by atoms with E-state index in [-0.39, 0.29) is 0 Å². The third-order valence-electron chi connectivity index (χ3n) is 3.95. The molecule has 4 heteroatoms. The lowest BCUT2D eigenvalue weighted by molar-refractivity contribution is 0.0976. The van der Waals surface area contributed by atoms with Crippen molar-refractivity contribution in [2.75, 3.05) is 11.4 Å². The van der Waals surface area contributed by atoms with Gasteiger partial charge in [0, 0.05) is 19.0 Å². The van der Waals surface area contributed by atoms with Crippen LogP contribution in [0.2, 0.25) is 0 Å². The van der Waals surface area contributed by atoms with Crippen LogP contribution in [0.4, 0.5) is 5.13 Å². The number of carbonyl (C=O) groups excluding carboxylic acids is 1. The van der Waals surface area contributed by atoms with Crippen LogP contribution < -0.4 is 4.90 Å². The van der Waals surface area contributed by atoms with Gasteiger partial charge in [-0.05, 0) is 31.6 Å². The minimum Gasteiger partial charge on any atom is -0.345 e. The Labute approximate surface area is 126 Å². The van der Waals surface area contributed by atoms with Gasteiger partial charge in [-0.25, -0.2) is 4.98 Å². The predicted octanol–water partition coefficient (Wildman–Crippen LogP) is 4.31. The molecule has 112 valence electrons. The van der Waals surface area contributed by atoms with Crippen molar-refractivity contribution in [2.45, 2.75) is 65.8 Å². The molecule has 1 heterocycles. The molecule has 0 atom stereocenters. The predicted molar refractivity (Wildman–Crippen MR) is 85.9 cm³/mol. The summed E-state index contributed by atoms with van der Waals surface area (Å²) in [6.45, 7) is 9.98. The molecule has 1 aliphatic carbocycles. The summed E-state index contributed by atoms with van der Waals surface area (Å²) in [6, 6.07) is 0.528. The van der Waals surface area contributed by atoms with Gasteiger partial charge in [-0.2, -0.15) is 0 Å². The Morgan fingerprint density at radius 3 is 2.50 bits per heavy atom. The molecular weight excluding hydrogens is 268 g/mol. The number of ketones is 1. The molecule has 0 N–H and O–H groups in total. The molecule has 0 unspecified atom stereocenters. The molecule has 0 radical (unpaired) electrons. The van der Waals surface area contributed by atoms with Crippen molar-refractivity contribution in [2.24, 2.45) is 5.92 Å². The van der Waals surface area contributed by atoms with Crippen LogP contribution in [0.1, 0.15) is 68.7 Å². The zero-order valence-electron chi connectivity index (χ0n) is 13.1. The Morgan fingerprint density at radius 1 is 1.25 bits per heavy atom. The third-order valence-corrected chi connectivity index (χ3v) is 5.12. The van der Waals surface area contributed by atoms with Crippen molar-refractivity contribution in [1.29, 1.82) is 0 Å². The van der Waals surface area contributed by atoms with E-state index in [1.165, 1.54) is 0 Å². The van der Waals surface area contributed by atoms with Crippen LogP contribution in [0.15, 0.2) is 0 Å². The van der Waals surface area contributed by atoms with Gasteiger partial charge in [-0.15, -0.1) is 0 Å². The Balaban J connectivity index is 2.31. The Hall–Kier alpha value is -0.900. The first kappa shape index (κ1) is 15.5. The van der Waals surface area contributed by atoms with Crippen LogP contribution in [0.5, 0.6) is 0 Å². The molecule has 0 fully saturated rings. The highest BCUT2D eigenvalue weighted by Gasteiger charge is 2.26. The first-order valence-corrected chi connectivity index (χ1v) is 8.67. The van der Waals surface area contributed by atoms with Crippen molar-refractivity contribution in [3.63, 3.8) is 0 Å². The van der Waals surface area contributed by atoms with E-state index >= 15 is 0 Å². The first-order chi connectivity index (χ1) is 9.56. The normalized spacial score (nSPS) is 15.0. The summed E-state index contributed by atoms with van der Waals surface area (Å²) in [5.74, 6) is 0.899. The fourth-order valence-electron chi connectivity index (χ4n) is 2.89. The molecule has 1 aromatic heterocycles. The minimum absolute atomic E-state index is 0.295. The molecule has 0 aliphatic heterocycles. The third kappa shape index (κ3) is 3.22. The van der Waals surface area contributed by atoms with Crippen LogP contribution in [0.3, 0.4) is 0 Å². The van der Waals surface area contributed by atoms with Crippen LogP contribution in [0.25, 0.3) is 0 Å². The van der Waals surface area contributed by atoms with Gasteiger partial charge in [0.15, 0.2) is 10.9 Å². The molecule has 1 aliphatic rings. The van der Waals surface area contributed by atoms with Crippen LogP contribution in [-0.2, 0) is 6.42 Å². The summed E-state index contributed by atoms with van der Waals surface area (Å²) in [4.78, 5) is 20.2. The molecule has 2 rings (SSSR count). The quantitative estimate of drug-likeness (QED) is 0.783. The zero-order chi connectivity index (χ0) is 14.7. The van der Waals surface area contributed by atoms with E-state index in [4.69, 9.17) is 4.98 Å². The number of hydrogen-bond donors (Lipinski definition) is 0. The summed E-state index contributed by atoms with van der Waals surface area (Å²) in [5.41, 5.74) is 1.04. The summed E-state index contributed by atoms with van der Waals surface area (Å²) in [7, 11) is 0. The molecule has 0 bridgehead atoms. The number of aryl methyl sites for hydroxylation is 1. The summed E-state index contributed by atoms with van der Waals surface area (Å²) < 4.78 is 0. The van der Waals surface area contributed by atoms with Gasteiger partial charge in [-0.3, -0.25) is 4.79 Å². The maximum Gasteiger partial charge on any atom is 0.186 e. The lowest BCUT2D eigenvalue weighted by Crippen LogP contribution is -2.37. The van der Waals surface area contributed by atoms with E-state index in [9.17, 15) is 4.79 Å². The zero-order valence-corrected chi connectivity index (χ0v) is 13.9. The molecule has 0 saturated carbocycles. The molecule has 0 spiro atoms. The van der Waals surface area contributed by atoms with Gasteiger partial charge in [0.25, 0.3) is 0 Å². The van der Waals surface area contributed by atoms with Crippen molar-refractivity contribution >= 4 is 22.3 Å². The smallest absolute Gasteiger partial charge is 0.186 e. The van der Waals surface area contributed by atoms with E-state index in [0.29, 0.717) is 24.2 Å². The summed E-state index contributed by atoms with van der Waals surface area (Å²) in [6.07, 6.45) is 4.88. The molecule has 20 heavy (non-hydrogen) atoms. The monoisotopic (exact) mass is 294 g/mol. The molecule has 3 nitrogen and oxygen atoms in total. The molecular formula is C16H26N2OS. The Kier molecular flexibility index (Phi) is 5.19. The number of rotatable bonds is 6. The van der Waals surface area contributed by atoms with Crippen molar-refractivity contribution < 1.29 is 4.79 Å². The Bertz CT molecular complexity index is 463.